The Morgan fingerprint density at radius 2 is 0.478 bits per heavy atom. The molecule has 0 fully saturated rings. The molecule has 5 aromatic carbocycles. The minimum absolute atomic E-state index is 0.0830. The molecule has 0 aliphatic carbocycles. The number of rotatable bonds is 8. The van der Waals surface area contributed by atoms with Crippen LogP contribution in [0.15, 0.2) is 229 Å². The summed E-state index contributed by atoms with van der Waals surface area (Å²) < 4.78 is 57.5. The lowest BCUT2D eigenvalue weighted by Crippen LogP contribution is -2.42. The first kappa shape index (κ1) is 83.6. The van der Waals surface area contributed by atoms with Crippen LogP contribution in [0.25, 0.3) is 110 Å². The van der Waals surface area contributed by atoms with Crippen LogP contribution in [0.2, 0.25) is 0 Å². The third-order valence-electron chi connectivity index (χ3n) is 27.2. The van der Waals surface area contributed by atoms with Crippen LogP contribution in [0.3, 0.4) is 0 Å². The summed E-state index contributed by atoms with van der Waals surface area (Å²) in [5, 5.41) is 10.4. The third-order valence-corrected chi connectivity index (χ3v) is 27.2. The van der Waals surface area contributed by atoms with Crippen molar-refractivity contribution in [3.8, 4) is 0 Å². The van der Waals surface area contributed by atoms with E-state index in [1.165, 1.54) is 5.56 Å². The van der Waals surface area contributed by atoms with E-state index < -0.39 is 18.1 Å². The van der Waals surface area contributed by atoms with E-state index in [2.05, 4.69) is 275 Å². The lowest BCUT2D eigenvalue weighted by atomic mass is 10.1. The average Bonchev–Trinajstić information content (AvgIpc) is 1.57. The summed E-state index contributed by atoms with van der Waals surface area (Å²) in [6, 6.07) is 55.4. The van der Waals surface area contributed by atoms with Crippen molar-refractivity contribution in [1.82, 2.24) is 54.8 Å². The second-order valence-corrected chi connectivity index (χ2v) is 36.8. The van der Waals surface area contributed by atoms with Crippen LogP contribution < -0.4 is 49.0 Å². The van der Waals surface area contributed by atoms with Gasteiger partial charge in [-0.3, -0.25) is 4.90 Å². The Balaban J connectivity index is 0.000000103. The van der Waals surface area contributed by atoms with Gasteiger partial charge in [0, 0.05) is 152 Å². The summed E-state index contributed by atoms with van der Waals surface area (Å²) in [4.78, 5) is 72.2. The molecule has 26 heteroatoms. The van der Waals surface area contributed by atoms with Gasteiger partial charge in [-0.15, -0.1) is 0 Å². The number of nitrogens with zero attached hydrogens (tertiary/aromatic N) is 21. The molecule has 26 nitrogen and oxygen atoms in total. The quantitative estimate of drug-likeness (QED) is 0.137. The molecule has 5 unspecified atom stereocenters. The SMILES string of the molecule is Cc1ccc2c(n1)oc1c(N3c4cccnc4N(C)C3C)c(C)ccc12.Cc1ccc2c(n1)oc1c(N3c4nccnc4N(C)C3C)c(C)ccc12.[2H]C(C)(C)N1c2cccnc2N(c2c(C)ccc3c2oc2nc(C)ccc23)C1C.[2H]C(C)(C)N1c2ncccc2N(c2c(C)ccc3c2oc2nc(C)ccc23)C1C.[2H]C(C)(C)N1c2ncccc2N(c2c(C)ccc3c2oc2nc(C)ccc23)C1C. The zero-order chi connectivity index (χ0) is 97.5. The Labute approximate surface area is 793 Å². The molecule has 5 aliphatic heterocycles. The molecule has 136 heavy (non-hydrogen) atoms. The van der Waals surface area contributed by atoms with E-state index in [1.807, 2.05) is 160 Å². The number of furan rings is 5. The fourth-order valence-electron chi connectivity index (χ4n) is 20.7. The molecule has 20 heterocycles. The minimum Gasteiger partial charge on any atom is -0.435 e. The van der Waals surface area contributed by atoms with Gasteiger partial charge in [-0.1, -0.05) is 60.7 Å². The molecule has 0 N–H and O–H groups in total. The van der Waals surface area contributed by atoms with Gasteiger partial charge < -0.3 is 66.2 Å². The molecular formula is C110H111N21O5. The predicted molar refractivity (Wildman–Crippen MR) is 552 cm³/mol. The lowest BCUT2D eigenvalue weighted by Gasteiger charge is -2.33. The van der Waals surface area contributed by atoms with Gasteiger partial charge in [-0.2, -0.15) is 0 Å². The average molecular weight is 1810 g/mol. The monoisotopic (exact) mass is 1810 g/mol. The number of aryl methyl sites for hydroxylation is 10. The van der Waals surface area contributed by atoms with Gasteiger partial charge in [0.2, 0.25) is 28.6 Å². The number of hydrogen-bond donors (Lipinski definition) is 0. The summed E-state index contributed by atoms with van der Waals surface area (Å²) in [6.07, 6.45) is 10.7. The van der Waals surface area contributed by atoms with Crippen molar-refractivity contribution in [1.29, 1.82) is 0 Å². The predicted octanol–water partition coefficient (Wildman–Crippen LogP) is 26.4. The first-order valence-electron chi connectivity index (χ1n) is 47.8. The molecule has 0 saturated heterocycles. The molecule has 5 atom stereocenters. The lowest BCUT2D eigenvalue weighted by molar-refractivity contribution is 0.597. The molecule has 25 rings (SSSR count). The summed E-state index contributed by atoms with van der Waals surface area (Å²) in [5.74, 6) is 5.20. The molecule has 0 radical (unpaired) electrons. The molecule has 0 amide bonds. The van der Waals surface area contributed by atoms with E-state index in [9.17, 15) is 0 Å². The van der Waals surface area contributed by atoms with Gasteiger partial charge in [-0.05, 0) is 282 Å². The second kappa shape index (κ2) is 33.6. The van der Waals surface area contributed by atoms with Crippen LogP contribution in [0.1, 0.15) is 137 Å². The Bertz CT molecular complexity index is 7680. The van der Waals surface area contributed by atoms with Crippen molar-refractivity contribution in [3.05, 3.63) is 263 Å². The second-order valence-electron chi connectivity index (χ2n) is 36.8. The summed E-state index contributed by atoms with van der Waals surface area (Å²) in [5.41, 5.74) is 27.0. The van der Waals surface area contributed by atoms with Gasteiger partial charge >= 0.3 is 0 Å². The highest BCUT2D eigenvalue weighted by Gasteiger charge is 2.44. The number of aromatic nitrogens is 11. The van der Waals surface area contributed by atoms with Crippen molar-refractivity contribution < 1.29 is 26.2 Å². The van der Waals surface area contributed by atoms with E-state index in [1.54, 1.807) is 31.0 Å². The van der Waals surface area contributed by atoms with E-state index in [0.717, 1.165) is 219 Å². The number of fused-ring (bicyclic) bond motifs is 20. The highest BCUT2D eigenvalue weighted by atomic mass is 16.4. The summed E-state index contributed by atoms with van der Waals surface area (Å²) >= 11 is 0. The van der Waals surface area contributed by atoms with E-state index >= 15 is 0 Å². The van der Waals surface area contributed by atoms with Crippen molar-refractivity contribution in [2.24, 2.45) is 0 Å². The highest BCUT2D eigenvalue weighted by Crippen LogP contribution is 2.55. The maximum absolute atomic E-state index is 8.71. The van der Waals surface area contributed by atoms with Crippen LogP contribution >= 0.6 is 0 Å². The summed E-state index contributed by atoms with van der Waals surface area (Å²) in [6.45, 7) is 42.4. The maximum Gasteiger partial charge on any atom is 0.227 e. The van der Waals surface area contributed by atoms with Gasteiger partial charge in [0.1, 0.15) is 30.8 Å². The van der Waals surface area contributed by atoms with Gasteiger partial charge in [-0.25, -0.2) is 54.8 Å². The van der Waals surface area contributed by atoms with Crippen molar-refractivity contribution >= 4 is 196 Å². The van der Waals surface area contributed by atoms with Crippen molar-refractivity contribution in [2.45, 2.75) is 194 Å². The number of hydrogen-bond acceptors (Lipinski definition) is 26. The van der Waals surface area contributed by atoms with Crippen molar-refractivity contribution in [3.63, 3.8) is 0 Å². The maximum atomic E-state index is 8.71. The zero-order valence-electron chi connectivity index (χ0n) is 83.9. The van der Waals surface area contributed by atoms with E-state index in [0.29, 0.717) is 28.6 Å². The normalized spacial score (nSPS) is 17.2. The number of anilines is 15. The minimum atomic E-state index is -0.814. The van der Waals surface area contributed by atoms with Crippen LogP contribution in [0, 0.1) is 69.2 Å². The van der Waals surface area contributed by atoms with Crippen LogP contribution in [-0.2, 0) is 0 Å². The first-order valence-corrected chi connectivity index (χ1v) is 46.3. The Morgan fingerprint density at radius 1 is 0.243 bits per heavy atom. The van der Waals surface area contributed by atoms with Gasteiger partial charge in [0.05, 0.1) is 55.3 Å². The molecular weight excluding hydrogens is 1700 g/mol. The topological polar surface area (TPSA) is 240 Å². The molecule has 0 spiro atoms. The molecule has 5 aliphatic rings. The first-order chi connectivity index (χ1) is 66.4. The van der Waals surface area contributed by atoms with Gasteiger partial charge in [0.25, 0.3) is 0 Å². The van der Waals surface area contributed by atoms with Gasteiger partial charge in [0.15, 0.2) is 62.8 Å². The van der Waals surface area contributed by atoms with Crippen LogP contribution in [0.4, 0.5) is 86.1 Å². The fraction of sp³-hybridized carbons (Fsp3) is 0.282. The molecule has 15 aromatic heterocycles. The third kappa shape index (κ3) is 14.0. The molecule has 0 bridgehead atoms. The van der Waals surface area contributed by atoms with E-state index in [-0.39, 0.29) is 30.8 Å². The Morgan fingerprint density at radius 3 is 0.801 bits per heavy atom. The molecule has 0 saturated carbocycles. The largest absolute Gasteiger partial charge is 0.435 e. The Kier molecular flexibility index (Phi) is 20.7. The molecule has 20 aromatic rings. The van der Waals surface area contributed by atoms with Crippen LogP contribution in [0.5, 0.6) is 0 Å². The van der Waals surface area contributed by atoms with Crippen LogP contribution in [-0.4, -0.2) is 118 Å². The summed E-state index contributed by atoms with van der Waals surface area (Å²) in [7, 11) is 4.12. The Hall–Kier alpha value is -15.5. The number of pyridine rings is 9. The van der Waals surface area contributed by atoms with E-state index in [4.69, 9.17) is 31.2 Å². The molecule has 686 valence electrons. The standard InChI is InChI=1S/3C23H24N4O.C21H20N4O.C20H19N5O/c2*1-13(2)26-16(5)27(19-7-6-12-24-22(19)26)20-14(3)8-10-17-18-11-9-15(4)25-23(18)28-21(17)20;1-13(2)26-16(5)27(22-19(26)7-6-12-24-22)20-14(3)8-10-17-18-11-9-15(4)25-23(18)28-21(17)20;1-12-7-9-15-16-10-8-13(2)23-21(16)26-19(15)18(12)25-14(3)24(4)20-17(25)6-5-11-22-20;1-11-5-7-14-15-8-6-12(2)23-20(15)26-17(14)16(11)25-13(3)24(4)18-19(25)22-10-9-21-18/h3*6-13,16H,1-5H3;5-11,14H,1-4H3;5-10,13H,1-4H3/i3*13D;;. The highest BCUT2D eigenvalue weighted by molar-refractivity contribution is 6.15. The number of benzene rings is 5. The zero-order valence-corrected chi connectivity index (χ0v) is 80.9. The fourth-order valence-corrected chi connectivity index (χ4v) is 20.7. The smallest absolute Gasteiger partial charge is 0.227 e. The van der Waals surface area contributed by atoms with Crippen molar-refractivity contribution in [2.75, 3.05) is 63.1 Å².